The van der Waals surface area contributed by atoms with Crippen molar-refractivity contribution in [2.24, 2.45) is 0 Å². The minimum Gasteiger partial charge on any atom is -0.288 e. The molecule has 1 heterocycles. The van der Waals surface area contributed by atoms with E-state index in [-0.39, 0.29) is 5.91 Å². The van der Waals surface area contributed by atoms with Gasteiger partial charge in [0.05, 0.1) is 24.0 Å². The van der Waals surface area contributed by atoms with E-state index in [0.29, 0.717) is 12.1 Å². The quantitative estimate of drug-likeness (QED) is 0.737. The van der Waals surface area contributed by atoms with E-state index in [1.54, 1.807) is 22.1 Å². The Hall–Kier alpha value is -3.08. The summed E-state index contributed by atoms with van der Waals surface area (Å²) in [6.07, 6.45) is 3.33. The van der Waals surface area contributed by atoms with Crippen LogP contribution in [0.1, 0.15) is 15.9 Å². The average molecular weight is 306 g/mol. The van der Waals surface area contributed by atoms with E-state index in [2.05, 4.69) is 10.5 Å². The van der Waals surface area contributed by atoms with Crippen LogP contribution < -0.4 is 10.4 Å². The van der Waals surface area contributed by atoms with Crippen molar-refractivity contribution >= 4 is 11.6 Å². The number of hydrogen-bond donors (Lipinski definition) is 1. The fraction of sp³-hybridized carbons (Fsp3) is 0.111. The molecule has 0 aliphatic rings. The van der Waals surface area contributed by atoms with E-state index >= 15 is 0 Å². The summed E-state index contributed by atoms with van der Waals surface area (Å²) in [6, 6.07) is 19.7. The zero-order valence-corrected chi connectivity index (χ0v) is 12.9. The summed E-state index contributed by atoms with van der Waals surface area (Å²) in [4.78, 5) is 12.3. The third-order valence-electron chi connectivity index (χ3n) is 3.50. The summed E-state index contributed by atoms with van der Waals surface area (Å²) < 4.78 is 1.76. The molecule has 0 saturated heterocycles. The lowest BCUT2D eigenvalue weighted by Gasteiger charge is -2.19. The first-order valence-electron chi connectivity index (χ1n) is 7.38. The molecule has 5 heteroatoms. The average Bonchev–Trinajstić information content (AvgIpc) is 3.05. The van der Waals surface area contributed by atoms with Gasteiger partial charge in [-0.25, -0.2) is 0 Å². The first kappa shape index (κ1) is 14.8. The summed E-state index contributed by atoms with van der Waals surface area (Å²) in [7, 11) is 1.81. The van der Waals surface area contributed by atoms with Crippen LogP contribution in [0.25, 0.3) is 0 Å². The number of anilines is 1. The molecule has 0 unspecified atom stereocenters. The zero-order valence-electron chi connectivity index (χ0n) is 12.9. The number of carbonyl (C=O) groups is 1. The Bertz CT molecular complexity index is 768. The predicted molar refractivity (Wildman–Crippen MR) is 90.1 cm³/mol. The van der Waals surface area contributed by atoms with Crippen LogP contribution in [0.5, 0.6) is 0 Å². The lowest BCUT2D eigenvalue weighted by atomic mass is 10.2. The SMILES string of the molecule is CN(NC(=O)c1cnn(Cc2ccccc2)c1)c1ccccc1. The number of hydrogen-bond acceptors (Lipinski definition) is 3. The molecule has 1 N–H and O–H groups in total. The van der Waals surface area contributed by atoms with Crippen LogP contribution in [0.4, 0.5) is 5.69 Å². The summed E-state index contributed by atoms with van der Waals surface area (Å²) in [5.74, 6) is -0.185. The molecule has 3 aromatic rings. The van der Waals surface area contributed by atoms with Crippen molar-refractivity contribution in [2.75, 3.05) is 12.1 Å². The second-order valence-electron chi connectivity index (χ2n) is 5.25. The fourth-order valence-electron chi connectivity index (χ4n) is 2.27. The van der Waals surface area contributed by atoms with Gasteiger partial charge in [0.25, 0.3) is 5.91 Å². The Morgan fingerprint density at radius 2 is 1.74 bits per heavy atom. The topological polar surface area (TPSA) is 50.2 Å². The standard InChI is InChI=1S/C18H18N4O/c1-21(17-10-6-3-7-11-17)20-18(23)16-12-19-22(14-16)13-15-8-4-2-5-9-15/h2-12,14H,13H2,1H3,(H,20,23). The minimum absolute atomic E-state index is 0.185. The van der Waals surface area contributed by atoms with Crippen LogP contribution in [-0.4, -0.2) is 22.7 Å². The van der Waals surface area contributed by atoms with Crippen LogP contribution >= 0.6 is 0 Å². The van der Waals surface area contributed by atoms with Crippen molar-refractivity contribution in [1.82, 2.24) is 15.2 Å². The van der Waals surface area contributed by atoms with Crippen molar-refractivity contribution in [3.05, 3.63) is 84.2 Å². The number of amides is 1. The molecule has 1 amide bonds. The Morgan fingerprint density at radius 3 is 2.43 bits per heavy atom. The maximum atomic E-state index is 12.3. The molecule has 116 valence electrons. The molecular formula is C18H18N4O. The molecule has 5 nitrogen and oxygen atoms in total. The Kier molecular flexibility index (Phi) is 4.38. The molecule has 23 heavy (non-hydrogen) atoms. The number of benzene rings is 2. The molecule has 0 saturated carbocycles. The van der Waals surface area contributed by atoms with E-state index in [9.17, 15) is 4.79 Å². The van der Waals surface area contributed by atoms with Gasteiger partial charge in [-0.2, -0.15) is 5.10 Å². The number of carbonyl (C=O) groups excluding carboxylic acids is 1. The number of hydrazine groups is 1. The van der Waals surface area contributed by atoms with Crippen LogP contribution in [0.2, 0.25) is 0 Å². The molecule has 0 aliphatic heterocycles. The highest BCUT2D eigenvalue weighted by molar-refractivity contribution is 5.94. The van der Waals surface area contributed by atoms with E-state index in [1.165, 1.54) is 0 Å². The van der Waals surface area contributed by atoms with Gasteiger partial charge in [0, 0.05) is 13.2 Å². The van der Waals surface area contributed by atoms with E-state index < -0.39 is 0 Å². The van der Waals surface area contributed by atoms with Crippen molar-refractivity contribution in [3.63, 3.8) is 0 Å². The van der Waals surface area contributed by atoms with Gasteiger partial charge in [0.15, 0.2) is 0 Å². The van der Waals surface area contributed by atoms with Gasteiger partial charge in [-0.05, 0) is 17.7 Å². The third-order valence-corrected chi connectivity index (χ3v) is 3.50. The summed E-state index contributed by atoms with van der Waals surface area (Å²) in [5, 5.41) is 5.94. The largest absolute Gasteiger partial charge is 0.288 e. The number of rotatable bonds is 5. The smallest absolute Gasteiger partial charge is 0.272 e. The summed E-state index contributed by atoms with van der Waals surface area (Å²) in [6.45, 7) is 0.642. The van der Waals surface area contributed by atoms with Crippen molar-refractivity contribution in [2.45, 2.75) is 6.54 Å². The lowest BCUT2D eigenvalue weighted by molar-refractivity contribution is 0.0951. The number of nitrogens with one attached hydrogen (secondary N) is 1. The van der Waals surface area contributed by atoms with Gasteiger partial charge < -0.3 is 0 Å². The minimum atomic E-state index is -0.185. The number of para-hydroxylation sites is 1. The third kappa shape index (κ3) is 3.77. The highest BCUT2D eigenvalue weighted by atomic mass is 16.2. The lowest BCUT2D eigenvalue weighted by Crippen LogP contribution is -2.39. The summed E-state index contributed by atoms with van der Waals surface area (Å²) in [5.41, 5.74) is 5.42. The second-order valence-corrected chi connectivity index (χ2v) is 5.25. The molecule has 0 aliphatic carbocycles. The fourth-order valence-corrected chi connectivity index (χ4v) is 2.27. The van der Waals surface area contributed by atoms with Crippen LogP contribution in [0, 0.1) is 0 Å². The van der Waals surface area contributed by atoms with Gasteiger partial charge in [-0.1, -0.05) is 48.5 Å². The molecule has 0 spiro atoms. The van der Waals surface area contributed by atoms with E-state index in [0.717, 1.165) is 11.3 Å². The normalized spacial score (nSPS) is 10.3. The molecule has 0 atom stereocenters. The monoisotopic (exact) mass is 306 g/mol. The number of aromatic nitrogens is 2. The van der Waals surface area contributed by atoms with Gasteiger partial charge in [0.1, 0.15) is 0 Å². The molecule has 3 rings (SSSR count). The van der Waals surface area contributed by atoms with Gasteiger partial charge in [0.2, 0.25) is 0 Å². The molecule has 0 fully saturated rings. The van der Waals surface area contributed by atoms with Crippen LogP contribution in [0.3, 0.4) is 0 Å². The second kappa shape index (κ2) is 6.79. The Balaban J connectivity index is 1.64. The molecule has 0 bridgehead atoms. The van der Waals surface area contributed by atoms with Crippen LogP contribution in [0.15, 0.2) is 73.1 Å². The van der Waals surface area contributed by atoms with Crippen molar-refractivity contribution in [1.29, 1.82) is 0 Å². The first-order chi connectivity index (χ1) is 11.2. The zero-order chi connectivity index (χ0) is 16.1. The maximum Gasteiger partial charge on any atom is 0.272 e. The molecule has 0 radical (unpaired) electrons. The molecule has 1 aromatic heterocycles. The van der Waals surface area contributed by atoms with Gasteiger partial charge in [-0.15, -0.1) is 0 Å². The number of nitrogens with zero attached hydrogens (tertiary/aromatic N) is 3. The van der Waals surface area contributed by atoms with Crippen molar-refractivity contribution < 1.29 is 4.79 Å². The van der Waals surface area contributed by atoms with Crippen LogP contribution in [-0.2, 0) is 6.54 Å². The highest BCUT2D eigenvalue weighted by Gasteiger charge is 2.11. The summed E-state index contributed by atoms with van der Waals surface area (Å²) >= 11 is 0. The predicted octanol–water partition coefficient (Wildman–Crippen LogP) is 2.71. The molecular weight excluding hydrogens is 288 g/mol. The van der Waals surface area contributed by atoms with Crippen molar-refractivity contribution in [3.8, 4) is 0 Å². The van der Waals surface area contributed by atoms with E-state index in [1.807, 2.05) is 67.7 Å². The first-order valence-corrected chi connectivity index (χ1v) is 7.38. The highest BCUT2D eigenvalue weighted by Crippen LogP contribution is 2.09. The van der Waals surface area contributed by atoms with Gasteiger partial charge in [-0.3, -0.25) is 19.9 Å². The van der Waals surface area contributed by atoms with E-state index in [4.69, 9.17) is 0 Å². The molecule has 2 aromatic carbocycles. The van der Waals surface area contributed by atoms with Gasteiger partial charge >= 0.3 is 0 Å². The Labute approximate surface area is 135 Å². The Morgan fingerprint density at radius 1 is 1.09 bits per heavy atom. The maximum absolute atomic E-state index is 12.3.